The summed E-state index contributed by atoms with van der Waals surface area (Å²) in [5.74, 6) is 0.704. The van der Waals surface area contributed by atoms with Crippen molar-refractivity contribution in [3.05, 3.63) is 95.4 Å². The van der Waals surface area contributed by atoms with E-state index in [1.54, 1.807) is 6.26 Å². The Kier molecular flexibility index (Phi) is 7.63. The van der Waals surface area contributed by atoms with Crippen LogP contribution in [0.3, 0.4) is 0 Å². The molecule has 1 atom stereocenters. The molecule has 0 aliphatic heterocycles. The molecule has 156 valence electrons. The SMILES string of the molecule is Cc1ccc(CN(Cc2ccco2)C(=S)NCC(=O)N[C@@H](C)c2ccccc2)cc1. The highest BCUT2D eigenvalue weighted by Crippen LogP contribution is 2.13. The predicted molar refractivity (Wildman–Crippen MR) is 123 cm³/mol. The number of carbonyl (C=O) groups excluding carboxylic acids is 1. The summed E-state index contributed by atoms with van der Waals surface area (Å²) in [5, 5.41) is 6.59. The maximum Gasteiger partial charge on any atom is 0.239 e. The number of amides is 1. The van der Waals surface area contributed by atoms with Crippen LogP contribution in [0.15, 0.2) is 77.4 Å². The zero-order valence-corrected chi connectivity index (χ0v) is 18.1. The first kappa shape index (κ1) is 21.6. The molecule has 2 aromatic carbocycles. The van der Waals surface area contributed by atoms with Crippen LogP contribution in [0, 0.1) is 6.92 Å². The maximum absolute atomic E-state index is 12.4. The molecule has 0 aliphatic rings. The van der Waals surface area contributed by atoms with Gasteiger partial charge in [-0.05, 0) is 49.3 Å². The van der Waals surface area contributed by atoms with Crippen LogP contribution < -0.4 is 10.6 Å². The minimum Gasteiger partial charge on any atom is -0.467 e. The molecule has 0 spiro atoms. The second-order valence-corrected chi connectivity index (χ2v) is 7.67. The Morgan fingerprint density at radius 1 is 1.03 bits per heavy atom. The molecule has 0 unspecified atom stereocenters. The van der Waals surface area contributed by atoms with E-state index in [9.17, 15) is 4.79 Å². The van der Waals surface area contributed by atoms with Crippen molar-refractivity contribution in [3.8, 4) is 0 Å². The van der Waals surface area contributed by atoms with Crippen molar-refractivity contribution in [1.82, 2.24) is 15.5 Å². The third-order valence-corrected chi connectivity index (χ3v) is 5.19. The van der Waals surface area contributed by atoms with Crippen LogP contribution in [-0.4, -0.2) is 22.5 Å². The molecule has 0 radical (unpaired) electrons. The first-order chi connectivity index (χ1) is 14.5. The predicted octanol–water partition coefficient (Wildman–Crippen LogP) is 4.34. The standard InChI is InChI=1S/C24H27N3O2S/c1-18-10-12-20(13-11-18)16-27(17-22-9-6-14-29-22)24(30)25-15-23(28)26-19(2)21-7-4-3-5-8-21/h3-14,19H,15-17H2,1-2H3,(H,25,30)(H,26,28)/t19-/m0/s1. The van der Waals surface area contributed by atoms with Gasteiger partial charge in [0.1, 0.15) is 5.76 Å². The Bertz CT molecular complexity index is 940. The molecular weight excluding hydrogens is 394 g/mol. The molecule has 0 aliphatic carbocycles. The van der Waals surface area contributed by atoms with Crippen LogP contribution in [0.4, 0.5) is 0 Å². The lowest BCUT2D eigenvalue weighted by Crippen LogP contribution is -2.44. The highest BCUT2D eigenvalue weighted by molar-refractivity contribution is 7.80. The summed E-state index contributed by atoms with van der Waals surface area (Å²) < 4.78 is 5.49. The van der Waals surface area contributed by atoms with Crippen LogP contribution in [0.1, 0.15) is 35.4 Å². The first-order valence-corrected chi connectivity index (χ1v) is 10.4. The van der Waals surface area contributed by atoms with E-state index in [-0.39, 0.29) is 18.5 Å². The first-order valence-electron chi connectivity index (χ1n) is 9.96. The zero-order valence-electron chi connectivity index (χ0n) is 17.3. The summed E-state index contributed by atoms with van der Waals surface area (Å²) in [6.45, 7) is 5.28. The second-order valence-electron chi connectivity index (χ2n) is 7.28. The van der Waals surface area contributed by atoms with E-state index in [1.165, 1.54) is 5.56 Å². The summed E-state index contributed by atoms with van der Waals surface area (Å²) >= 11 is 5.59. The van der Waals surface area contributed by atoms with Crippen LogP contribution >= 0.6 is 12.2 Å². The number of hydrogen-bond donors (Lipinski definition) is 2. The number of rotatable bonds is 8. The topological polar surface area (TPSA) is 57.5 Å². The van der Waals surface area contributed by atoms with Crippen LogP contribution in [-0.2, 0) is 17.9 Å². The van der Waals surface area contributed by atoms with Gasteiger partial charge in [0.2, 0.25) is 5.91 Å². The molecule has 3 rings (SSSR count). The van der Waals surface area contributed by atoms with E-state index in [1.807, 2.05) is 54.3 Å². The number of hydrogen-bond acceptors (Lipinski definition) is 3. The van der Waals surface area contributed by atoms with E-state index < -0.39 is 0 Å². The van der Waals surface area contributed by atoms with Crippen molar-refractivity contribution in [2.75, 3.05) is 6.54 Å². The highest BCUT2D eigenvalue weighted by atomic mass is 32.1. The lowest BCUT2D eigenvalue weighted by molar-refractivity contribution is -0.120. The van der Waals surface area contributed by atoms with Crippen molar-refractivity contribution in [2.45, 2.75) is 33.0 Å². The minimum absolute atomic E-state index is 0.0687. The van der Waals surface area contributed by atoms with E-state index >= 15 is 0 Å². The summed E-state index contributed by atoms with van der Waals surface area (Å²) in [6, 6.07) is 21.9. The molecule has 1 heterocycles. The van der Waals surface area contributed by atoms with Crippen LogP contribution in [0.5, 0.6) is 0 Å². The molecule has 0 saturated carbocycles. The monoisotopic (exact) mass is 421 g/mol. The molecule has 1 amide bonds. The van der Waals surface area contributed by atoms with Gasteiger partial charge in [-0.1, -0.05) is 60.2 Å². The molecule has 5 nitrogen and oxygen atoms in total. The smallest absolute Gasteiger partial charge is 0.239 e. The van der Waals surface area contributed by atoms with Crippen molar-refractivity contribution in [3.63, 3.8) is 0 Å². The van der Waals surface area contributed by atoms with Crippen molar-refractivity contribution >= 4 is 23.2 Å². The number of nitrogens with zero attached hydrogens (tertiary/aromatic N) is 1. The van der Waals surface area contributed by atoms with Gasteiger partial charge in [0.25, 0.3) is 0 Å². The average Bonchev–Trinajstić information content (AvgIpc) is 3.27. The fourth-order valence-electron chi connectivity index (χ4n) is 3.09. The summed E-state index contributed by atoms with van der Waals surface area (Å²) in [6.07, 6.45) is 1.65. The fraction of sp³-hybridized carbons (Fsp3) is 0.250. The van der Waals surface area contributed by atoms with Gasteiger partial charge in [-0.15, -0.1) is 0 Å². The van der Waals surface area contributed by atoms with Gasteiger partial charge >= 0.3 is 0 Å². The number of nitrogens with one attached hydrogen (secondary N) is 2. The lowest BCUT2D eigenvalue weighted by atomic mass is 10.1. The molecule has 30 heavy (non-hydrogen) atoms. The van der Waals surface area contributed by atoms with Gasteiger partial charge in [0, 0.05) is 6.54 Å². The molecule has 1 aromatic heterocycles. The average molecular weight is 422 g/mol. The van der Waals surface area contributed by atoms with Gasteiger partial charge in [-0.25, -0.2) is 0 Å². The largest absolute Gasteiger partial charge is 0.467 e. The highest BCUT2D eigenvalue weighted by Gasteiger charge is 2.15. The molecule has 0 saturated heterocycles. The molecule has 0 bridgehead atoms. The number of furan rings is 1. The van der Waals surface area contributed by atoms with E-state index in [0.29, 0.717) is 18.2 Å². The number of thiocarbonyl (C=S) groups is 1. The number of carbonyl (C=O) groups is 1. The molecular formula is C24H27N3O2S. The minimum atomic E-state index is -0.109. The molecule has 3 aromatic rings. The Morgan fingerprint density at radius 3 is 2.43 bits per heavy atom. The Labute approximate surface area is 183 Å². The Hall–Kier alpha value is -3.12. The summed E-state index contributed by atoms with van der Waals surface area (Å²) in [4.78, 5) is 14.4. The summed E-state index contributed by atoms with van der Waals surface area (Å²) in [5.41, 5.74) is 3.41. The second kappa shape index (κ2) is 10.6. The van der Waals surface area contributed by atoms with E-state index in [2.05, 4.69) is 41.8 Å². The Balaban J connectivity index is 1.58. The third kappa shape index (κ3) is 6.46. The Morgan fingerprint density at radius 2 is 1.77 bits per heavy atom. The summed E-state index contributed by atoms with van der Waals surface area (Å²) in [7, 11) is 0. The van der Waals surface area contributed by atoms with Crippen molar-refractivity contribution < 1.29 is 9.21 Å². The van der Waals surface area contributed by atoms with Gasteiger partial charge in [-0.3, -0.25) is 4.79 Å². The number of benzene rings is 2. The molecule has 6 heteroatoms. The van der Waals surface area contributed by atoms with Crippen LogP contribution in [0.2, 0.25) is 0 Å². The van der Waals surface area contributed by atoms with E-state index in [0.717, 1.165) is 16.9 Å². The van der Waals surface area contributed by atoms with Gasteiger partial charge in [0.05, 0.1) is 25.4 Å². The molecule has 2 N–H and O–H groups in total. The van der Waals surface area contributed by atoms with Crippen molar-refractivity contribution in [2.24, 2.45) is 0 Å². The van der Waals surface area contributed by atoms with Crippen molar-refractivity contribution in [1.29, 1.82) is 0 Å². The van der Waals surface area contributed by atoms with Gasteiger partial charge < -0.3 is 20.0 Å². The van der Waals surface area contributed by atoms with Gasteiger partial charge in [-0.2, -0.15) is 0 Å². The van der Waals surface area contributed by atoms with E-state index in [4.69, 9.17) is 16.6 Å². The zero-order chi connectivity index (χ0) is 21.3. The lowest BCUT2D eigenvalue weighted by Gasteiger charge is -2.25. The quantitative estimate of drug-likeness (QED) is 0.530. The number of aryl methyl sites for hydroxylation is 1. The molecule has 0 fully saturated rings. The fourth-order valence-corrected chi connectivity index (χ4v) is 3.29. The maximum atomic E-state index is 12.4. The van der Waals surface area contributed by atoms with Crippen LogP contribution in [0.25, 0.3) is 0 Å². The normalized spacial score (nSPS) is 11.5. The van der Waals surface area contributed by atoms with Gasteiger partial charge in [0.15, 0.2) is 5.11 Å². The third-order valence-electron chi connectivity index (χ3n) is 4.79.